The summed E-state index contributed by atoms with van der Waals surface area (Å²) in [7, 11) is 0. The largest absolute Gasteiger partial charge is 0.481 e. The molecule has 0 spiro atoms. The van der Waals surface area contributed by atoms with Gasteiger partial charge in [0, 0.05) is 0 Å². The summed E-state index contributed by atoms with van der Waals surface area (Å²) >= 11 is 0. The van der Waals surface area contributed by atoms with Gasteiger partial charge in [0.15, 0.2) is 0 Å². The van der Waals surface area contributed by atoms with Gasteiger partial charge in [0.05, 0.1) is 11.8 Å². The molecule has 0 heterocycles. The second kappa shape index (κ2) is 5.48. The van der Waals surface area contributed by atoms with Crippen LogP contribution in [-0.4, -0.2) is 22.2 Å². The fraction of sp³-hybridized carbons (Fsp3) is 0.385. The first-order valence-electron chi connectivity index (χ1n) is 5.43. The van der Waals surface area contributed by atoms with Crippen molar-refractivity contribution in [2.75, 3.05) is 0 Å². The Hall–Kier alpha value is -1.84. The van der Waals surface area contributed by atoms with Crippen molar-refractivity contribution in [2.24, 2.45) is 11.8 Å². The molecule has 0 unspecified atom stereocenters. The fourth-order valence-corrected chi connectivity index (χ4v) is 1.63. The molecule has 92 valence electrons. The summed E-state index contributed by atoms with van der Waals surface area (Å²) in [4.78, 5) is 21.9. The Bertz CT molecular complexity index is 408. The zero-order valence-corrected chi connectivity index (χ0v) is 9.88. The highest BCUT2D eigenvalue weighted by molar-refractivity contribution is 5.79. The fourth-order valence-electron chi connectivity index (χ4n) is 1.63. The van der Waals surface area contributed by atoms with Gasteiger partial charge in [-0.25, -0.2) is 0 Å². The van der Waals surface area contributed by atoms with Crippen molar-refractivity contribution in [1.82, 2.24) is 0 Å². The molecule has 0 fully saturated rings. The van der Waals surface area contributed by atoms with E-state index in [0.29, 0.717) is 0 Å². The molecule has 2 N–H and O–H groups in total. The Kier molecular flexibility index (Phi) is 4.26. The summed E-state index contributed by atoms with van der Waals surface area (Å²) < 4.78 is 0. The molecule has 17 heavy (non-hydrogen) atoms. The molecule has 0 aliphatic heterocycles. The third-order valence-corrected chi connectivity index (χ3v) is 2.89. The highest BCUT2D eigenvalue weighted by atomic mass is 16.4. The molecular formula is C13H16O4. The second-order valence-electron chi connectivity index (χ2n) is 4.26. The van der Waals surface area contributed by atoms with Gasteiger partial charge in [0.25, 0.3) is 0 Å². The van der Waals surface area contributed by atoms with Crippen molar-refractivity contribution in [3.63, 3.8) is 0 Å². The molecular weight excluding hydrogens is 220 g/mol. The Labute approximate surface area is 99.9 Å². The molecule has 2 atom stereocenters. The predicted molar refractivity (Wildman–Crippen MR) is 62.8 cm³/mol. The first-order valence-corrected chi connectivity index (χ1v) is 5.43. The van der Waals surface area contributed by atoms with Gasteiger partial charge in [-0.2, -0.15) is 0 Å². The van der Waals surface area contributed by atoms with Crippen molar-refractivity contribution >= 4 is 11.9 Å². The van der Waals surface area contributed by atoms with Gasteiger partial charge in [-0.3, -0.25) is 9.59 Å². The van der Waals surface area contributed by atoms with Crippen LogP contribution in [0, 0.1) is 18.8 Å². The minimum atomic E-state index is -1.08. The molecule has 0 bridgehead atoms. The van der Waals surface area contributed by atoms with E-state index < -0.39 is 23.8 Å². The first-order chi connectivity index (χ1) is 7.91. The lowest BCUT2D eigenvalue weighted by Gasteiger charge is -2.16. The molecule has 0 saturated heterocycles. The Balaban J connectivity index is 2.84. The molecule has 4 heteroatoms. The maximum Gasteiger partial charge on any atom is 0.307 e. The molecule has 1 aromatic rings. The highest BCUT2D eigenvalue weighted by Gasteiger charge is 2.29. The summed E-state index contributed by atoms with van der Waals surface area (Å²) in [6, 6.07) is 7.44. The number of rotatable bonds is 5. The normalized spacial score (nSPS) is 14.0. The SMILES string of the molecule is Cc1ccc(C[C@H](C(=O)O)[C@@H](C)C(=O)O)cc1. The summed E-state index contributed by atoms with van der Waals surface area (Å²) in [5.74, 6) is -3.94. The smallest absolute Gasteiger partial charge is 0.307 e. The average molecular weight is 236 g/mol. The maximum absolute atomic E-state index is 11.1. The Morgan fingerprint density at radius 3 is 2.06 bits per heavy atom. The minimum Gasteiger partial charge on any atom is -0.481 e. The van der Waals surface area contributed by atoms with Gasteiger partial charge < -0.3 is 10.2 Å². The van der Waals surface area contributed by atoms with Crippen LogP contribution in [0.25, 0.3) is 0 Å². The number of carboxylic acid groups (broad SMARTS) is 2. The number of carboxylic acids is 2. The molecule has 0 saturated carbocycles. The van der Waals surface area contributed by atoms with Crippen molar-refractivity contribution in [1.29, 1.82) is 0 Å². The van der Waals surface area contributed by atoms with E-state index in [1.165, 1.54) is 6.92 Å². The lowest BCUT2D eigenvalue weighted by molar-refractivity contribution is -0.152. The number of benzene rings is 1. The quantitative estimate of drug-likeness (QED) is 0.819. The van der Waals surface area contributed by atoms with Gasteiger partial charge in [-0.15, -0.1) is 0 Å². The molecule has 4 nitrogen and oxygen atoms in total. The van der Waals surface area contributed by atoms with Crippen LogP contribution >= 0.6 is 0 Å². The van der Waals surface area contributed by atoms with E-state index in [-0.39, 0.29) is 6.42 Å². The zero-order valence-electron chi connectivity index (χ0n) is 9.88. The maximum atomic E-state index is 11.1. The van der Waals surface area contributed by atoms with E-state index in [2.05, 4.69) is 0 Å². The van der Waals surface area contributed by atoms with Crippen molar-refractivity contribution in [2.45, 2.75) is 20.3 Å². The van der Waals surface area contributed by atoms with Crippen LogP contribution < -0.4 is 0 Å². The molecule has 1 rings (SSSR count). The van der Waals surface area contributed by atoms with Gasteiger partial charge in [-0.05, 0) is 18.9 Å². The van der Waals surface area contributed by atoms with Gasteiger partial charge in [-0.1, -0.05) is 36.8 Å². The summed E-state index contributed by atoms with van der Waals surface area (Å²) in [5, 5.41) is 17.9. The van der Waals surface area contributed by atoms with Crippen molar-refractivity contribution in [3.8, 4) is 0 Å². The van der Waals surface area contributed by atoms with Crippen molar-refractivity contribution < 1.29 is 19.8 Å². The zero-order chi connectivity index (χ0) is 13.0. The van der Waals surface area contributed by atoms with E-state index in [1.807, 2.05) is 31.2 Å². The highest BCUT2D eigenvalue weighted by Crippen LogP contribution is 2.18. The van der Waals surface area contributed by atoms with Crippen LogP contribution in [0.5, 0.6) is 0 Å². The van der Waals surface area contributed by atoms with Crippen molar-refractivity contribution in [3.05, 3.63) is 35.4 Å². The Morgan fingerprint density at radius 2 is 1.65 bits per heavy atom. The second-order valence-corrected chi connectivity index (χ2v) is 4.26. The first kappa shape index (κ1) is 13.2. The number of hydrogen-bond acceptors (Lipinski definition) is 2. The summed E-state index contributed by atoms with van der Waals surface area (Å²) in [6.07, 6.45) is 0.239. The molecule has 0 amide bonds. The standard InChI is InChI=1S/C13H16O4/c1-8-3-5-10(6-4-8)7-11(13(16)17)9(2)12(14)15/h3-6,9,11H,7H2,1-2H3,(H,14,15)(H,16,17)/t9-,11+/m1/s1. The molecule has 0 aliphatic rings. The average Bonchev–Trinajstić information content (AvgIpc) is 2.26. The lowest BCUT2D eigenvalue weighted by atomic mass is 9.88. The third-order valence-electron chi connectivity index (χ3n) is 2.89. The summed E-state index contributed by atoms with van der Waals surface area (Å²) in [6.45, 7) is 3.37. The number of hydrogen-bond donors (Lipinski definition) is 2. The number of aryl methyl sites for hydroxylation is 1. The monoisotopic (exact) mass is 236 g/mol. The lowest BCUT2D eigenvalue weighted by Crippen LogP contribution is -2.29. The number of aliphatic carboxylic acids is 2. The van der Waals surface area contributed by atoms with E-state index in [4.69, 9.17) is 10.2 Å². The van der Waals surface area contributed by atoms with Crippen LogP contribution in [0.2, 0.25) is 0 Å². The minimum absolute atomic E-state index is 0.239. The molecule has 0 aliphatic carbocycles. The van der Waals surface area contributed by atoms with Crippen LogP contribution in [0.15, 0.2) is 24.3 Å². The summed E-state index contributed by atoms with van der Waals surface area (Å²) in [5.41, 5.74) is 1.93. The van der Waals surface area contributed by atoms with E-state index in [9.17, 15) is 9.59 Å². The molecule has 0 aromatic heterocycles. The van der Waals surface area contributed by atoms with E-state index in [0.717, 1.165) is 11.1 Å². The van der Waals surface area contributed by atoms with Crippen LogP contribution in [0.4, 0.5) is 0 Å². The third kappa shape index (κ3) is 3.59. The van der Waals surface area contributed by atoms with E-state index >= 15 is 0 Å². The van der Waals surface area contributed by atoms with Crippen LogP contribution in [0.3, 0.4) is 0 Å². The van der Waals surface area contributed by atoms with E-state index in [1.54, 1.807) is 0 Å². The topological polar surface area (TPSA) is 74.6 Å². The predicted octanol–water partition coefficient (Wildman–Crippen LogP) is 1.96. The number of carbonyl (C=O) groups is 2. The van der Waals surface area contributed by atoms with Crippen LogP contribution in [0.1, 0.15) is 18.1 Å². The Morgan fingerprint density at radius 1 is 1.12 bits per heavy atom. The molecule has 0 radical (unpaired) electrons. The van der Waals surface area contributed by atoms with Gasteiger partial charge >= 0.3 is 11.9 Å². The van der Waals surface area contributed by atoms with Crippen LogP contribution in [-0.2, 0) is 16.0 Å². The van der Waals surface area contributed by atoms with Gasteiger partial charge in [0.2, 0.25) is 0 Å². The molecule has 1 aromatic carbocycles. The van der Waals surface area contributed by atoms with Gasteiger partial charge in [0.1, 0.15) is 0 Å².